The van der Waals surface area contributed by atoms with Gasteiger partial charge in [-0.05, 0) is 24.1 Å². The quantitative estimate of drug-likeness (QED) is 0.817. The van der Waals surface area contributed by atoms with Crippen LogP contribution in [-0.4, -0.2) is 17.5 Å². The maximum atomic E-state index is 11.4. The molecule has 1 N–H and O–H groups in total. The number of carbonyl (C=O) groups is 1. The van der Waals surface area contributed by atoms with E-state index in [9.17, 15) is 4.79 Å². The van der Waals surface area contributed by atoms with Crippen LogP contribution in [0.1, 0.15) is 15.9 Å². The minimum atomic E-state index is -0.447. The van der Waals surface area contributed by atoms with Crippen molar-refractivity contribution < 1.29 is 9.90 Å². The van der Waals surface area contributed by atoms with E-state index in [2.05, 4.69) is 0 Å². The van der Waals surface area contributed by atoms with E-state index in [0.29, 0.717) is 5.56 Å². The fourth-order valence-electron chi connectivity index (χ4n) is 1.71. The van der Waals surface area contributed by atoms with Crippen LogP contribution in [0.4, 0.5) is 0 Å². The molecule has 0 aliphatic carbocycles. The first-order valence-electron chi connectivity index (χ1n) is 5.52. The second-order valence-corrected chi connectivity index (χ2v) is 4.03. The summed E-state index contributed by atoms with van der Waals surface area (Å²) in [6.07, 6.45) is 0. The Morgan fingerprint density at radius 3 is 2.41 bits per heavy atom. The van der Waals surface area contributed by atoms with E-state index >= 15 is 0 Å². The minimum Gasteiger partial charge on any atom is -0.388 e. The van der Waals surface area contributed by atoms with Crippen LogP contribution >= 0.6 is 0 Å². The molecule has 2 aromatic carbocycles. The molecule has 0 aromatic heterocycles. The third kappa shape index (κ3) is 2.60. The zero-order valence-corrected chi connectivity index (χ0v) is 9.68. The van der Waals surface area contributed by atoms with Gasteiger partial charge in [0.15, 0.2) is 5.78 Å². The lowest BCUT2D eigenvalue weighted by Crippen LogP contribution is -2.03. The number of hydrogen-bond acceptors (Lipinski definition) is 2. The summed E-state index contributed by atoms with van der Waals surface area (Å²) in [5.74, 6) is -0.251. The van der Waals surface area contributed by atoms with Crippen LogP contribution in [0.2, 0.25) is 0 Å². The maximum Gasteiger partial charge on any atom is 0.188 e. The van der Waals surface area contributed by atoms with Crippen molar-refractivity contribution in [2.75, 3.05) is 6.61 Å². The SMILES string of the molecule is Cc1ccc(-c2cccc(C(=O)CO)c2)cc1. The fraction of sp³-hybridized carbons (Fsp3) is 0.133. The zero-order valence-electron chi connectivity index (χ0n) is 9.68. The summed E-state index contributed by atoms with van der Waals surface area (Å²) in [5, 5.41) is 8.84. The summed E-state index contributed by atoms with van der Waals surface area (Å²) in [7, 11) is 0. The van der Waals surface area contributed by atoms with Gasteiger partial charge in [-0.3, -0.25) is 4.79 Å². The number of benzene rings is 2. The molecule has 0 atom stereocenters. The molecule has 0 heterocycles. The zero-order chi connectivity index (χ0) is 12.3. The molecule has 2 aromatic rings. The molecule has 0 radical (unpaired) electrons. The number of carbonyl (C=O) groups excluding carboxylic acids is 1. The van der Waals surface area contributed by atoms with Crippen molar-refractivity contribution in [1.82, 2.24) is 0 Å². The Morgan fingerprint density at radius 2 is 1.76 bits per heavy atom. The van der Waals surface area contributed by atoms with Gasteiger partial charge in [-0.25, -0.2) is 0 Å². The molecule has 0 saturated carbocycles. The third-order valence-corrected chi connectivity index (χ3v) is 2.71. The molecule has 2 heteroatoms. The van der Waals surface area contributed by atoms with Gasteiger partial charge in [0.2, 0.25) is 0 Å². The van der Waals surface area contributed by atoms with E-state index in [4.69, 9.17) is 5.11 Å². The maximum absolute atomic E-state index is 11.4. The van der Waals surface area contributed by atoms with E-state index in [1.54, 1.807) is 6.07 Å². The summed E-state index contributed by atoms with van der Waals surface area (Å²) in [6.45, 7) is 1.59. The lowest BCUT2D eigenvalue weighted by atomic mass is 10.0. The molecule has 0 spiro atoms. The molecule has 0 saturated heterocycles. The lowest BCUT2D eigenvalue weighted by Gasteiger charge is -2.04. The average Bonchev–Trinajstić information content (AvgIpc) is 2.39. The van der Waals surface area contributed by atoms with Gasteiger partial charge in [0.05, 0.1) is 0 Å². The monoisotopic (exact) mass is 226 g/mol. The van der Waals surface area contributed by atoms with E-state index in [-0.39, 0.29) is 5.78 Å². The van der Waals surface area contributed by atoms with Crippen LogP contribution in [0.25, 0.3) is 11.1 Å². The molecule has 0 amide bonds. The number of hydrogen-bond donors (Lipinski definition) is 1. The third-order valence-electron chi connectivity index (χ3n) is 2.71. The molecule has 0 unspecified atom stereocenters. The number of aryl methyl sites for hydroxylation is 1. The first-order valence-corrected chi connectivity index (χ1v) is 5.52. The van der Waals surface area contributed by atoms with Crippen LogP contribution in [-0.2, 0) is 0 Å². The van der Waals surface area contributed by atoms with E-state index < -0.39 is 6.61 Å². The van der Waals surface area contributed by atoms with Gasteiger partial charge in [-0.2, -0.15) is 0 Å². The average molecular weight is 226 g/mol. The number of Topliss-reactive ketones (excluding diaryl/α,β-unsaturated/α-hetero) is 1. The van der Waals surface area contributed by atoms with Gasteiger partial charge in [-0.15, -0.1) is 0 Å². The molecule has 0 fully saturated rings. The standard InChI is InChI=1S/C15H14O2/c1-11-5-7-12(8-6-11)13-3-2-4-14(9-13)15(17)10-16/h2-9,16H,10H2,1H3. The topological polar surface area (TPSA) is 37.3 Å². The van der Waals surface area contributed by atoms with Crippen molar-refractivity contribution in [3.05, 3.63) is 59.7 Å². The molecular formula is C15H14O2. The molecule has 2 rings (SSSR count). The van der Waals surface area contributed by atoms with Crippen molar-refractivity contribution in [3.8, 4) is 11.1 Å². The van der Waals surface area contributed by atoms with Crippen molar-refractivity contribution in [2.24, 2.45) is 0 Å². The highest BCUT2D eigenvalue weighted by molar-refractivity contribution is 5.97. The van der Waals surface area contributed by atoms with Gasteiger partial charge in [0, 0.05) is 5.56 Å². The van der Waals surface area contributed by atoms with Crippen molar-refractivity contribution in [2.45, 2.75) is 6.92 Å². The predicted octanol–water partition coefficient (Wildman–Crippen LogP) is 2.84. The van der Waals surface area contributed by atoms with Gasteiger partial charge in [-0.1, -0.05) is 48.0 Å². The second kappa shape index (κ2) is 4.93. The first kappa shape index (κ1) is 11.6. The first-order chi connectivity index (χ1) is 8.20. The van der Waals surface area contributed by atoms with Crippen molar-refractivity contribution in [3.63, 3.8) is 0 Å². The predicted molar refractivity (Wildman–Crippen MR) is 68.0 cm³/mol. The Hall–Kier alpha value is -1.93. The normalized spacial score (nSPS) is 10.2. The highest BCUT2D eigenvalue weighted by Crippen LogP contribution is 2.21. The summed E-state index contributed by atoms with van der Waals surface area (Å²) < 4.78 is 0. The van der Waals surface area contributed by atoms with Gasteiger partial charge >= 0.3 is 0 Å². The molecule has 2 nitrogen and oxygen atoms in total. The molecule has 0 aliphatic heterocycles. The molecule has 17 heavy (non-hydrogen) atoms. The number of aliphatic hydroxyl groups excluding tert-OH is 1. The van der Waals surface area contributed by atoms with Gasteiger partial charge in [0.25, 0.3) is 0 Å². The number of ketones is 1. The Bertz CT molecular complexity index is 527. The van der Waals surface area contributed by atoms with E-state index in [0.717, 1.165) is 11.1 Å². The van der Waals surface area contributed by atoms with E-state index in [1.807, 2.05) is 49.4 Å². The van der Waals surface area contributed by atoms with E-state index in [1.165, 1.54) is 5.56 Å². The Balaban J connectivity index is 2.39. The fourth-order valence-corrected chi connectivity index (χ4v) is 1.71. The Morgan fingerprint density at radius 1 is 1.06 bits per heavy atom. The summed E-state index contributed by atoms with van der Waals surface area (Å²) in [4.78, 5) is 11.4. The highest BCUT2D eigenvalue weighted by Gasteiger charge is 2.05. The van der Waals surface area contributed by atoms with Crippen LogP contribution in [0, 0.1) is 6.92 Å². The molecule has 0 aliphatic rings. The lowest BCUT2D eigenvalue weighted by molar-refractivity contribution is 0.0904. The van der Waals surface area contributed by atoms with Crippen LogP contribution < -0.4 is 0 Å². The van der Waals surface area contributed by atoms with Gasteiger partial charge in [0.1, 0.15) is 6.61 Å². The van der Waals surface area contributed by atoms with Crippen LogP contribution in [0.3, 0.4) is 0 Å². The summed E-state index contributed by atoms with van der Waals surface area (Å²) >= 11 is 0. The highest BCUT2D eigenvalue weighted by atomic mass is 16.3. The number of rotatable bonds is 3. The second-order valence-electron chi connectivity index (χ2n) is 4.03. The summed E-state index contributed by atoms with van der Waals surface area (Å²) in [6, 6.07) is 15.4. The van der Waals surface area contributed by atoms with Crippen molar-refractivity contribution in [1.29, 1.82) is 0 Å². The molecule has 0 bridgehead atoms. The minimum absolute atomic E-state index is 0.251. The number of aliphatic hydroxyl groups is 1. The Labute approximate surface area is 101 Å². The Kier molecular flexibility index (Phi) is 3.35. The summed E-state index contributed by atoms with van der Waals surface area (Å²) in [5.41, 5.74) is 3.81. The smallest absolute Gasteiger partial charge is 0.188 e. The van der Waals surface area contributed by atoms with Gasteiger partial charge < -0.3 is 5.11 Å². The molecule has 86 valence electrons. The van der Waals surface area contributed by atoms with Crippen LogP contribution in [0.15, 0.2) is 48.5 Å². The molecular weight excluding hydrogens is 212 g/mol. The largest absolute Gasteiger partial charge is 0.388 e. The van der Waals surface area contributed by atoms with Crippen LogP contribution in [0.5, 0.6) is 0 Å². The van der Waals surface area contributed by atoms with Crippen molar-refractivity contribution >= 4 is 5.78 Å².